The number of nitro groups is 1. The topological polar surface area (TPSA) is 158 Å². The quantitative estimate of drug-likeness (QED) is 0.272. The maximum atomic E-state index is 11.9. The van der Waals surface area contributed by atoms with Crippen LogP contribution in [0.25, 0.3) is 0 Å². The molecule has 0 radical (unpaired) electrons. The number of carbonyl (C=O) groups excluding carboxylic acids is 1. The van der Waals surface area contributed by atoms with E-state index >= 15 is 0 Å². The van der Waals surface area contributed by atoms with E-state index in [2.05, 4.69) is 4.72 Å². The molecule has 0 bridgehead atoms. The maximum absolute atomic E-state index is 11.9. The fraction of sp³-hybridized carbons (Fsp3) is 0.300. The SMILES string of the molecule is NC(=O)CCCNS(=O)(=O)c1ccc([N+](=O)[O-])cc1N. The highest BCUT2D eigenvalue weighted by Gasteiger charge is 2.19. The molecule has 10 heteroatoms. The van der Waals surface area contributed by atoms with Gasteiger partial charge in [-0.15, -0.1) is 0 Å². The highest BCUT2D eigenvalue weighted by molar-refractivity contribution is 7.89. The van der Waals surface area contributed by atoms with Gasteiger partial charge in [0, 0.05) is 25.1 Å². The second-order valence-electron chi connectivity index (χ2n) is 3.95. The average molecular weight is 302 g/mol. The molecule has 0 unspecified atom stereocenters. The van der Waals surface area contributed by atoms with E-state index in [9.17, 15) is 23.3 Å². The number of hydrogen-bond donors (Lipinski definition) is 3. The molecule has 0 spiro atoms. The number of carbonyl (C=O) groups is 1. The normalized spacial score (nSPS) is 11.2. The molecule has 0 atom stereocenters. The Labute approximate surface area is 115 Å². The summed E-state index contributed by atoms with van der Waals surface area (Å²) in [5.41, 5.74) is 9.91. The molecule has 0 aromatic heterocycles. The van der Waals surface area contributed by atoms with Crippen LogP contribution in [0.2, 0.25) is 0 Å². The number of non-ortho nitro benzene ring substituents is 1. The van der Waals surface area contributed by atoms with Crippen molar-refractivity contribution in [2.75, 3.05) is 12.3 Å². The van der Waals surface area contributed by atoms with Crippen molar-refractivity contribution in [3.63, 3.8) is 0 Å². The van der Waals surface area contributed by atoms with Crippen molar-refractivity contribution in [1.82, 2.24) is 4.72 Å². The molecular weight excluding hydrogens is 288 g/mol. The van der Waals surface area contributed by atoms with Crippen molar-refractivity contribution in [2.24, 2.45) is 5.73 Å². The summed E-state index contributed by atoms with van der Waals surface area (Å²) in [5, 5.41) is 10.5. The molecule has 5 N–H and O–H groups in total. The van der Waals surface area contributed by atoms with Gasteiger partial charge >= 0.3 is 0 Å². The van der Waals surface area contributed by atoms with Gasteiger partial charge in [0.15, 0.2) is 0 Å². The maximum Gasteiger partial charge on any atom is 0.271 e. The van der Waals surface area contributed by atoms with E-state index in [0.717, 1.165) is 18.2 Å². The number of rotatable bonds is 7. The van der Waals surface area contributed by atoms with Crippen LogP contribution in [0.4, 0.5) is 11.4 Å². The Morgan fingerprint density at radius 2 is 2.05 bits per heavy atom. The molecule has 0 saturated carbocycles. The third kappa shape index (κ3) is 4.17. The van der Waals surface area contributed by atoms with Crippen LogP contribution < -0.4 is 16.2 Å². The first-order valence-electron chi connectivity index (χ1n) is 5.56. The first kappa shape index (κ1) is 15.9. The van der Waals surface area contributed by atoms with Gasteiger partial charge in [-0.2, -0.15) is 0 Å². The third-order valence-corrected chi connectivity index (χ3v) is 3.92. The zero-order valence-electron chi connectivity index (χ0n) is 10.4. The largest absolute Gasteiger partial charge is 0.397 e. The van der Waals surface area contributed by atoms with E-state index in [1.54, 1.807) is 0 Å². The van der Waals surface area contributed by atoms with E-state index in [-0.39, 0.29) is 35.7 Å². The Kier molecular flexibility index (Phi) is 5.00. The van der Waals surface area contributed by atoms with Gasteiger partial charge in [-0.1, -0.05) is 0 Å². The lowest BCUT2D eigenvalue weighted by molar-refractivity contribution is -0.384. The molecule has 0 heterocycles. The molecule has 0 saturated heterocycles. The minimum atomic E-state index is -3.88. The summed E-state index contributed by atoms with van der Waals surface area (Å²) in [6, 6.07) is 3.08. The molecule has 1 rings (SSSR count). The summed E-state index contributed by atoms with van der Waals surface area (Å²) in [6.07, 6.45) is 0.305. The van der Waals surface area contributed by atoms with Crippen molar-refractivity contribution in [2.45, 2.75) is 17.7 Å². The van der Waals surface area contributed by atoms with Crippen molar-refractivity contribution in [3.8, 4) is 0 Å². The van der Waals surface area contributed by atoms with Gasteiger partial charge < -0.3 is 11.5 Å². The summed E-state index contributed by atoms with van der Waals surface area (Å²) in [6.45, 7) is 0.0156. The van der Waals surface area contributed by atoms with Crippen LogP contribution in [0, 0.1) is 10.1 Å². The van der Waals surface area contributed by atoms with Gasteiger partial charge in [-0.3, -0.25) is 14.9 Å². The van der Waals surface area contributed by atoms with Crippen molar-refractivity contribution in [3.05, 3.63) is 28.3 Å². The van der Waals surface area contributed by atoms with Crippen LogP contribution in [-0.2, 0) is 14.8 Å². The Hall–Kier alpha value is -2.20. The van der Waals surface area contributed by atoms with E-state index in [0.29, 0.717) is 0 Å². The molecule has 9 nitrogen and oxygen atoms in total. The van der Waals surface area contributed by atoms with Crippen LogP contribution in [0.3, 0.4) is 0 Å². The zero-order chi connectivity index (χ0) is 15.3. The number of anilines is 1. The van der Waals surface area contributed by atoms with Gasteiger partial charge in [-0.05, 0) is 12.5 Å². The van der Waals surface area contributed by atoms with Gasteiger partial charge in [0.05, 0.1) is 10.6 Å². The van der Waals surface area contributed by atoms with Gasteiger partial charge in [0.1, 0.15) is 4.90 Å². The highest BCUT2D eigenvalue weighted by Crippen LogP contribution is 2.23. The number of nitrogen functional groups attached to an aromatic ring is 1. The summed E-state index contributed by atoms with van der Waals surface area (Å²) in [5.74, 6) is -0.529. The van der Waals surface area contributed by atoms with Crippen LogP contribution in [-0.4, -0.2) is 25.8 Å². The second-order valence-corrected chi connectivity index (χ2v) is 5.68. The monoisotopic (exact) mass is 302 g/mol. The Morgan fingerprint density at radius 1 is 1.40 bits per heavy atom. The molecule has 0 aliphatic heterocycles. The van der Waals surface area contributed by atoms with Crippen LogP contribution >= 0.6 is 0 Å². The summed E-state index contributed by atoms with van der Waals surface area (Å²) in [4.78, 5) is 20.1. The van der Waals surface area contributed by atoms with Gasteiger partial charge in [0.25, 0.3) is 5.69 Å². The number of sulfonamides is 1. The molecule has 1 amide bonds. The number of benzene rings is 1. The minimum absolute atomic E-state index is 0.0156. The molecule has 1 aromatic rings. The van der Waals surface area contributed by atoms with Crippen molar-refractivity contribution >= 4 is 27.3 Å². The molecule has 20 heavy (non-hydrogen) atoms. The fourth-order valence-corrected chi connectivity index (χ4v) is 2.63. The fourth-order valence-electron chi connectivity index (χ4n) is 1.44. The number of nitro benzene ring substituents is 1. The van der Waals surface area contributed by atoms with Gasteiger partial charge in [-0.25, -0.2) is 13.1 Å². The van der Waals surface area contributed by atoms with Crippen molar-refractivity contribution in [1.29, 1.82) is 0 Å². The number of amides is 1. The number of hydrogen-bond acceptors (Lipinski definition) is 6. The molecule has 0 fully saturated rings. The average Bonchev–Trinajstić information content (AvgIpc) is 2.34. The number of primary amides is 1. The molecule has 110 valence electrons. The van der Waals surface area contributed by atoms with E-state index in [4.69, 9.17) is 11.5 Å². The Bertz CT molecular complexity index is 629. The minimum Gasteiger partial charge on any atom is -0.397 e. The molecular formula is C10H14N4O5S. The number of nitrogens with zero attached hydrogens (tertiary/aromatic N) is 1. The Morgan fingerprint density at radius 3 is 2.55 bits per heavy atom. The molecule has 1 aromatic carbocycles. The number of nitrogens with one attached hydrogen (secondary N) is 1. The zero-order valence-corrected chi connectivity index (χ0v) is 11.2. The van der Waals surface area contributed by atoms with Crippen molar-refractivity contribution < 1.29 is 18.1 Å². The van der Waals surface area contributed by atoms with E-state index < -0.39 is 20.9 Å². The standard InChI is InChI=1S/C10H14N4O5S/c11-8-6-7(14(16)17)3-4-9(8)20(18,19)13-5-1-2-10(12)15/h3-4,6,13H,1-2,5,11H2,(H2,12,15). The molecule has 0 aliphatic carbocycles. The summed E-state index contributed by atoms with van der Waals surface area (Å²) in [7, 11) is -3.88. The predicted molar refractivity (Wildman–Crippen MR) is 71.1 cm³/mol. The summed E-state index contributed by atoms with van der Waals surface area (Å²) >= 11 is 0. The summed E-state index contributed by atoms with van der Waals surface area (Å²) < 4.78 is 26.0. The highest BCUT2D eigenvalue weighted by atomic mass is 32.2. The van der Waals surface area contributed by atoms with Crippen LogP contribution in [0.1, 0.15) is 12.8 Å². The van der Waals surface area contributed by atoms with Crippen LogP contribution in [0.15, 0.2) is 23.1 Å². The predicted octanol–water partition coefficient (Wildman–Crippen LogP) is -0.279. The first-order chi connectivity index (χ1) is 9.24. The third-order valence-electron chi connectivity index (χ3n) is 2.39. The molecule has 0 aliphatic rings. The van der Waals surface area contributed by atoms with E-state index in [1.165, 1.54) is 0 Å². The number of nitrogens with two attached hydrogens (primary N) is 2. The lowest BCUT2D eigenvalue weighted by Gasteiger charge is -2.08. The smallest absolute Gasteiger partial charge is 0.271 e. The lowest BCUT2D eigenvalue weighted by atomic mass is 10.3. The first-order valence-corrected chi connectivity index (χ1v) is 7.04. The van der Waals surface area contributed by atoms with Gasteiger partial charge in [0.2, 0.25) is 15.9 Å². The lowest BCUT2D eigenvalue weighted by Crippen LogP contribution is -2.26. The Balaban J connectivity index is 2.82. The van der Waals surface area contributed by atoms with Crippen LogP contribution in [0.5, 0.6) is 0 Å². The van der Waals surface area contributed by atoms with E-state index in [1.807, 2.05) is 0 Å². The second kappa shape index (κ2) is 6.30.